The van der Waals surface area contributed by atoms with E-state index in [0.29, 0.717) is 31.6 Å². The maximum atomic E-state index is 13.6. The third kappa shape index (κ3) is 3.89. The van der Waals surface area contributed by atoms with Gasteiger partial charge in [0.15, 0.2) is 0 Å². The minimum absolute atomic E-state index is 0.159. The molecule has 0 radical (unpaired) electrons. The number of anilines is 1. The van der Waals surface area contributed by atoms with Crippen LogP contribution in [0.5, 0.6) is 0 Å². The van der Waals surface area contributed by atoms with Crippen LogP contribution in [0.1, 0.15) is 42.0 Å². The van der Waals surface area contributed by atoms with Gasteiger partial charge in [-0.05, 0) is 50.8 Å². The van der Waals surface area contributed by atoms with E-state index in [2.05, 4.69) is 15.3 Å². The zero-order chi connectivity index (χ0) is 21.5. The van der Waals surface area contributed by atoms with Gasteiger partial charge in [0.1, 0.15) is 23.2 Å². The Balaban J connectivity index is 1.52. The Morgan fingerprint density at radius 3 is 2.70 bits per heavy atom. The Morgan fingerprint density at radius 2 is 2.00 bits per heavy atom. The van der Waals surface area contributed by atoms with Gasteiger partial charge in [-0.2, -0.15) is 0 Å². The van der Waals surface area contributed by atoms with Crippen molar-refractivity contribution < 1.29 is 23.5 Å². The minimum Gasteiger partial charge on any atom is -0.393 e. The molecule has 1 saturated heterocycles. The number of aliphatic hydroxyl groups excluding tert-OH is 1. The average molecular weight is 416 g/mol. The Morgan fingerprint density at radius 1 is 1.27 bits per heavy atom. The first-order chi connectivity index (χ1) is 14.3. The number of hydrogen-bond acceptors (Lipinski definition) is 5. The van der Waals surface area contributed by atoms with Gasteiger partial charge in [0.2, 0.25) is 5.91 Å². The lowest BCUT2D eigenvalue weighted by Gasteiger charge is -2.39. The molecule has 158 valence electrons. The van der Waals surface area contributed by atoms with Gasteiger partial charge in [-0.25, -0.2) is 18.7 Å². The highest BCUT2D eigenvalue weighted by atomic mass is 19.1. The molecule has 2 amide bonds. The number of aliphatic hydroxyl groups is 1. The van der Waals surface area contributed by atoms with Crippen LogP contribution in [0, 0.1) is 24.0 Å². The number of nitrogens with one attached hydrogen (secondary N) is 1. The van der Waals surface area contributed by atoms with Gasteiger partial charge in [-0.1, -0.05) is 0 Å². The van der Waals surface area contributed by atoms with E-state index in [4.69, 9.17) is 0 Å². The van der Waals surface area contributed by atoms with E-state index in [-0.39, 0.29) is 23.7 Å². The lowest BCUT2D eigenvalue weighted by molar-refractivity contribution is -0.130. The smallest absolute Gasteiger partial charge is 0.270 e. The number of rotatable bonds is 3. The van der Waals surface area contributed by atoms with E-state index in [1.165, 1.54) is 17.2 Å². The number of nitrogens with zero attached hydrogens (tertiary/aromatic N) is 3. The van der Waals surface area contributed by atoms with Gasteiger partial charge in [0.05, 0.1) is 11.5 Å². The van der Waals surface area contributed by atoms with Crippen LogP contribution in [0.3, 0.4) is 0 Å². The number of amides is 2. The standard InChI is InChI=1S/C21H22F2N4O3/c1-12-24-4-2-18(25-12)19(29)26-15-9-17(28)11-21(10-15)3-5-27(20(21)30)16-7-13(22)6-14(23)8-16/h2,4,6-8,15,17,28H,3,5,9-11H2,1H3,(H,26,29)/t15-,17?,21+/m1/s1. The van der Waals surface area contributed by atoms with Crippen molar-refractivity contribution in [3.8, 4) is 0 Å². The molecule has 2 heterocycles. The van der Waals surface area contributed by atoms with Crippen LogP contribution < -0.4 is 10.2 Å². The summed E-state index contributed by atoms with van der Waals surface area (Å²) in [6.45, 7) is 1.97. The van der Waals surface area contributed by atoms with Crippen LogP contribution in [0.15, 0.2) is 30.5 Å². The molecule has 4 rings (SSSR count). The van der Waals surface area contributed by atoms with E-state index in [1.807, 2.05) is 0 Å². The van der Waals surface area contributed by atoms with Gasteiger partial charge in [0, 0.05) is 30.5 Å². The highest BCUT2D eigenvalue weighted by molar-refractivity contribution is 6.00. The molecule has 1 unspecified atom stereocenters. The van der Waals surface area contributed by atoms with Crippen molar-refractivity contribution in [2.45, 2.75) is 44.8 Å². The van der Waals surface area contributed by atoms with E-state index in [1.54, 1.807) is 6.92 Å². The monoisotopic (exact) mass is 416 g/mol. The highest BCUT2D eigenvalue weighted by Gasteiger charge is 2.52. The Bertz CT molecular complexity index is 982. The molecule has 3 atom stereocenters. The zero-order valence-corrected chi connectivity index (χ0v) is 16.4. The molecule has 9 heteroatoms. The second-order valence-electron chi connectivity index (χ2n) is 8.07. The third-order valence-electron chi connectivity index (χ3n) is 5.84. The van der Waals surface area contributed by atoms with E-state index < -0.39 is 35.1 Å². The Kier molecular flexibility index (Phi) is 5.23. The van der Waals surface area contributed by atoms with Crippen LogP contribution in [-0.2, 0) is 4.79 Å². The van der Waals surface area contributed by atoms with Gasteiger partial charge in [0.25, 0.3) is 5.91 Å². The van der Waals surface area contributed by atoms with Crippen molar-refractivity contribution in [3.63, 3.8) is 0 Å². The molecule has 1 saturated carbocycles. The van der Waals surface area contributed by atoms with Crippen molar-refractivity contribution in [1.29, 1.82) is 0 Å². The largest absolute Gasteiger partial charge is 0.393 e. The van der Waals surface area contributed by atoms with Crippen LogP contribution in [0.25, 0.3) is 0 Å². The topological polar surface area (TPSA) is 95.4 Å². The Labute approximate surface area is 172 Å². The summed E-state index contributed by atoms with van der Waals surface area (Å²) < 4.78 is 27.2. The number of hydrogen-bond donors (Lipinski definition) is 2. The molecule has 1 aromatic carbocycles. The number of carbonyl (C=O) groups is 2. The summed E-state index contributed by atoms with van der Waals surface area (Å²) in [7, 11) is 0. The van der Waals surface area contributed by atoms with Crippen molar-refractivity contribution in [3.05, 3.63) is 53.6 Å². The van der Waals surface area contributed by atoms with E-state index in [0.717, 1.165) is 18.2 Å². The summed E-state index contributed by atoms with van der Waals surface area (Å²) >= 11 is 0. The van der Waals surface area contributed by atoms with E-state index >= 15 is 0 Å². The molecule has 1 aliphatic carbocycles. The lowest BCUT2D eigenvalue weighted by Crippen LogP contribution is -2.50. The molecule has 2 N–H and O–H groups in total. The first-order valence-corrected chi connectivity index (χ1v) is 9.82. The predicted molar refractivity (Wildman–Crippen MR) is 104 cm³/mol. The Hall–Kier alpha value is -2.94. The number of aromatic nitrogens is 2. The van der Waals surface area contributed by atoms with Gasteiger partial charge < -0.3 is 15.3 Å². The quantitative estimate of drug-likeness (QED) is 0.799. The molecule has 1 aliphatic heterocycles. The normalized spacial score (nSPS) is 26.3. The SMILES string of the molecule is Cc1nccc(C(=O)N[C@@H]2CC(O)C[C@]3(CCN(c4cc(F)cc(F)c4)C3=O)C2)n1. The number of carbonyl (C=O) groups excluding carboxylic acids is 2. The molecule has 1 aromatic heterocycles. The summed E-state index contributed by atoms with van der Waals surface area (Å²) in [5.41, 5.74) is -0.516. The molecule has 2 aromatic rings. The highest BCUT2D eigenvalue weighted by Crippen LogP contribution is 2.46. The fourth-order valence-corrected chi connectivity index (χ4v) is 4.59. The summed E-state index contributed by atoms with van der Waals surface area (Å²) in [5, 5.41) is 13.3. The molecular weight excluding hydrogens is 394 g/mol. The molecule has 1 spiro atoms. The molecule has 2 fully saturated rings. The van der Waals surface area contributed by atoms with Crippen LogP contribution >= 0.6 is 0 Å². The molecular formula is C21H22F2N4O3. The van der Waals surface area contributed by atoms with Crippen molar-refractivity contribution >= 4 is 17.5 Å². The molecule has 30 heavy (non-hydrogen) atoms. The fraction of sp³-hybridized carbons (Fsp3) is 0.429. The lowest BCUT2D eigenvalue weighted by atomic mass is 9.69. The average Bonchev–Trinajstić information content (AvgIpc) is 2.96. The number of aryl methyl sites for hydroxylation is 1. The molecule has 0 bridgehead atoms. The van der Waals surface area contributed by atoms with Crippen molar-refractivity contribution in [2.75, 3.05) is 11.4 Å². The van der Waals surface area contributed by atoms with Gasteiger partial charge >= 0.3 is 0 Å². The van der Waals surface area contributed by atoms with Crippen LogP contribution in [0.4, 0.5) is 14.5 Å². The third-order valence-corrected chi connectivity index (χ3v) is 5.84. The minimum atomic E-state index is -0.889. The second kappa shape index (κ2) is 7.71. The van der Waals surface area contributed by atoms with Crippen molar-refractivity contribution in [2.24, 2.45) is 5.41 Å². The second-order valence-corrected chi connectivity index (χ2v) is 8.07. The van der Waals surface area contributed by atoms with Gasteiger partial charge in [-0.3, -0.25) is 9.59 Å². The first kappa shape index (κ1) is 20.3. The number of benzene rings is 1. The maximum absolute atomic E-state index is 13.6. The maximum Gasteiger partial charge on any atom is 0.270 e. The van der Waals surface area contributed by atoms with Gasteiger partial charge in [-0.15, -0.1) is 0 Å². The fourth-order valence-electron chi connectivity index (χ4n) is 4.59. The molecule has 2 aliphatic rings. The summed E-state index contributed by atoms with van der Waals surface area (Å²) in [4.78, 5) is 35.2. The zero-order valence-electron chi connectivity index (χ0n) is 16.4. The van der Waals surface area contributed by atoms with Crippen molar-refractivity contribution in [1.82, 2.24) is 15.3 Å². The van der Waals surface area contributed by atoms with Crippen LogP contribution in [-0.4, -0.2) is 45.6 Å². The van der Waals surface area contributed by atoms with Crippen LogP contribution in [0.2, 0.25) is 0 Å². The molecule has 7 nitrogen and oxygen atoms in total. The predicted octanol–water partition coefficient (Wildman–Crippen LogP) is 2.13. The number of halogens is 2. The summed E-state index contributed by atoms with van der Waals surface area (Å²) in [6, 6.07) is 4.07. The summed E-state index contributed by atoms with van der Waals surface area (Å²) in [5.74, 6) is -1.74. The first-order valence-electron chi connectivity index (χ1n) is 9.82. The van der Waals surface area contributed by atoms with E-state index in [9.17, 15) is 23.5 Å². The summed E-state index contributed by atoms with van der Waals surface area (Å²) in [6.07, 6.45) is 2.06.